The Bertz CT molecular complexity index is 436. The highest BCUT2D eigenvalue weighted by Crippen LogP contribution is 2.29. The van der Waals surface area contributed by atoms with Gasteiger partial charge in [0.15, 0.2) is 0 Å². The fraction of sp³-hybridized carbons (Fsp3) is 0.471. The lowest BCUT2D eigenvalue weighted by Crippen LogP contribution is -2.26. The molecule has 0 aromatic heterocycles. The number of Topliss-reactive ketones (excluding diaryl/α,β-unsaturated/α-hetero) is 1. The Labute approximate surface area is 115 Å². The smallest absolute Gasteiger partial charge is 0.136 e. The van der Waals surface area contributed by atoms with E-state index in [1.54, 1.807) is 6.08 Å². The maximum atomic E-state index is 11.9. The molecule has 102 valence electrons. The van der Waals surface area contributed by atoms with Crippen LogP contribution in [0.3, 0.4) is 0 Å². The van der Waals surface area contributed by atoms with Crippen molar-refractivity contribution in [2.24, 2.45) is 11.8 Å². The number of ketones is 1. The van der Waals surface area contributed by atoms with Crippen LogP contribution in [-0.2, 0) is 4.79 Å². The van der Waals surface area contributed by atoms with Crippen LogP contribution in [0, 0.1) is 11.8 Å². The van der Waals surface area contributed by atoms with Crippen LogP contribution in [0.2, 0.25) is 0 Å². The molecule has 2 nitrogen and oxygen atoms in total. The van der Waals surface area contributed by atoms with Crippen molar-refractivity contribution in [1.29, 1.82) is 0 Å². The molecule has 0 amide bonds. The number of carbonyl (C=O) groups is 1. The minimum Gasteiger partial charge on any atom is -0.384 e. The molecule has 1 fully saturated rings. The largest absolute Gasteiger partial charge is 0.384 e. The first kappa shape index (κ1) is 14.0. The molecule has 2 heteroatoms. The van der Waals surface area contributed by atoms with Crippen LogP contribution in [0.25, 0.3) is 0 Å². The minimum absolute atomic E-state index is 0.146. The van der Waals surface area contributed by atoms with Gasteiger partial charge >= 0.3 is 0 Å². The molecule has 0 radical (unpaired) electrons. The average Bonchev–Trinajstić information content (AvgIpc) is 2.43. The second kappa shape index (κ2) is 6.67. The lowest BCUT2D eigenvalue weighted by atomic mass is 9.77. The van der Waals surface area contributed by atoms with Crippen molar-refractivity contribution in [2.45, 2.75) is 38.7 Å². The van der Waals surface area contributed by atoms with Gasteiger partial charge in [-0.1, -0.05) is 49.4 Å². The number of benzene rings is 1. The van der Waals surface area contributed by atoms with E-state index < -0.39 is 6.10 Å². The van der Waals surface area contributed by atoms with E-state index in [2.05, 4.69) is 6.92 Å². The monoisotopic (exact) mass is 258 g/mol. The first-order chi connectivity index (χ1) is 9.18. The molecule has 0 aliphatic heterocycles. The Morgan fingerprint density at radius 1 is 1.37 bits per heavy atom. The number of rotatable bonds is 4. The number of allylic oxidation sites excluding steroid dienone is 1. The molecule has 1 aliphatic carbocycles. The van der Waals surface area contributed by atoms with E-state index in [0.717, 1.165) is 31.2 Å². The van der Waals surface area contributed by atoms with Crippen molar-refractivity contribution >= 4 is 5.78 Å². The van der Waals surface area contributed by atoms with Crippen LogP contribution in [0.4, 0.5) is 0 Å². The molecule has 0 saturated heterocycles. The molecule has 1 aliphatic rings. The number of aliphatic hydroxyl groups is 1. The number of hydrogen-bond acceptors (Lipinski definition) is 2. The minimum atomic E-state index is -0.574. The first-order valence-electron chi connectivity index (χ1n) is 7.11. The zero-order valence-corrected chi connectivity index (χ0v) is 11.5. The fourth-order valence-electron chi connectivity index (χ4n) is 2.78. The summed E-state index contributed by atoms with van der Waals surface area (Å²) in [5.74, 6) is 1.00. The topological polar surface area (TPSA) is 37.3 Å². The van der Waals surface area contributed by atoms with Gasteiger partial charge in [-0.15, -0.1) is 0 Å². The third-order valence-electron chi connectivity index (χ3n) is 4.03. The molecular weight excluding hydrogens is 236 g/mol. The standard InChI is InChI=1S/C17H22O2/c1-13-7-5-12-17(19)15(13)10-6-11-16(18)14-8-3-2-4-9-14/h2-4,6,8-9,11,13,15-16,18H,5,7,10,12H2,1H3/b11-6+/t13-,15+,16-/m1/s1. The molecular formula is C17H22O2. The highest BCUT2D eigenvalue weighted by molar-refractivity contribution is 5.82. The molecule has 0 unspecified atom stereocenters. The van der Waals surface area contributed by atoms with E-state index in [1.807, 2.05) is 36.4 Å². The summed E-state index contributed by atoms with van der Waals surface area (Å²) in [6.07, 6.45) is 6.84. The molecule has 0 spiro atoms. The van der Waals surface area contributed by atoms with Gasteiger partial charge in [-0.25, -0.2) is 0 Å². The summed E-state index contributed by atoms with van der Waals surface area (Å²) in [4.78, 5) is 11.9. The first-order valence-corrected chi connectivity index (χ1v) is 7.11. The van der Waals surface area contributed by atoms with Crippen molar-refractivity contribution < 1.29 is 9.90 Å². The summed E-state index contributed by atoms with van der Waals surface area (Å²) < 4.78 is 0. The molecule has 1 saturated carbocycles. The van der Waals surface area contributed by atoms with Gasteiger partial charge in [-0.3, -0.25) is 4.79 Å². The van der Waals surface area contributed by atoms with Crippen LogP contribution in [0.5, 0.6) is 0 Å². The van der Waals surface area contributed by atoms with Crippen LogP contribution in [0.1, 0.15) is 44.3 Å². The second-order valence-electron chi connectivity index (χ2n) is 5.46. The summed E-state index contributed by atoms with van der Waals surface area (Å²) in [7, 11) is 0. The van der Waals surface area contributed by atoms with Crippen molar-refractivity contribution in [3.05, 3.63) is 48.0 Å². The highest BCUT2D eigenvalue weighted by atomic mass is 16.3. The SMILES string of the molecule is C[C@@H]1CCCC(=O)[C@H]1C/C=C/[C@@H](O)c1ccccc1. The van der Waals surface area contributed by atoms with Crippen LogP contribution in [-0.4, -0.2) is 10.9 Å². The highest BCUT2D eigenvalue weighted by Gasteiger charge is 2.27. The molecule has 2 rings (SSSR count). The van der Waals surface area contributed by atoms with E-state index in [4.69, 9.17) is 0 Å². The Morgan fingerprint density at radius 3 is 2.79 bits per heavy atom. The summed E-state index contributed by atoms with van der Waals surface area (Å²) in [6.45, 7) is 2.16. The molecule has 3 atom stereocenters. The Balaban J connectivity index is 1.91. The molecule has 1 aromatic rings. The van der Waals surface area contributed by atoms with E-state index in [1.165, 1.54) is 0 Å². The summed E-state index contributed by atoms with van der Waals surface area (Å²) in [5, 5.41) is 10.0. The van der Waals surface area contributed by atoms with E-state index in [-0.39, 0.29) is 5.92 Å². The summed E-state index contributed by atoms with van der Waals surface area (Å²) in [5.41, 5.74) is 0.891. The predicted octanol–water partition coefficient (Wildman–Crippen LogP) is 3.67. The van der Waals surface area contributed by atoms with Gasteiger partial charge < -0.3 is 5.11 Å². The normalized spacial score (nSPS) is 25.7. The maximum Gasteiger partial charge on any atom is 0.136 e. The zero-order valence-electron chi connectivity index (χ0n) is 11.5. The van der Waals surface area contributed by atoms with Crippen LogP contribution < -0.4 is 0 Å². The third kappa shape index (κ3) is 3.77. The number of aliphatic hydroxyl groups excluding tert-OH is 1. The van der Waals surface area contributed by atoms with Gasteiger partial charge in [0.1, 0.15) is 5.78 Å². The Morgan fingerprint density at radius 2 is 2.11 bits per heavy atom. The van der Waals surface area contributed by atoms with Crippen LogP contribution in [0.15, 0.2) is 42.5 Å². The van der Waals surface area contributed by atoms with Crippen molar-refractivity contribution in [2.75, 3.05) is 0 Å². The lowest BCUT2D eigenvalue weighted by Gasteiger charge is -2.26. The van der Waals surface area contributed by atoms with E-state index >= 15 is 0 Å². The summed E-state index contributed by atoms with van der Waals surface area (Å²) in [6, 6.07) is 9.58. The van der Waals surface area contributed by atoms with Gasteiger partial charge in [0.25, 0.3) is 0 Å². The number of carbonyl (C=O) groups excluding carboxylic acids is 1. The Hall–Kier alpha value is -1.41. The maximum absolute atomic E-state index is 11.9. The van der Waals surface area contributed by atoms with Crippen molar-refractivity contribution in [1.82, 2.24) is 0 Å². The second-order valence-corrected chi connectivity index (χ2v) is 5.46. The van der Waals surface area contributed by atoms with Crippen LogP contribution >= 0.6 is 0 Å². The number of hydrogen-bond donors (Lipinski definition) is 1. The molecule has 1 N–H and O–H groups in total. The van der Waals surface area contributed by atoms with Gasteiger partial charge in [0, 0.05) is 12.3 Å². The van der Waals surface area contributed by atoms with E-state index in [0.29, 0.717) is 11.7 Å². The predicted molar refractivity (Wildman–Crippen MR) is 76.7 cm³/mol. The molecule has 0 bridgehead atoms. The molecule has 0 heterocycles. The quantitative estimate of drug-likeness (QED) is 0.837. The Kier molecular flexibility index (Phi) is 4.92. The molecule has 1 aromatic carbocycles. The fourth-order valence-corrected chi connectivity index (χ4v) is 2.78. The van der Waals surface area contributed by atoms with E-state index in [9.17, 15) is 9.90 Å². The molecule has 19 heavy (non-hydrogen) atoms. The lowest BCUT2D eigenvalue weighted by molar-refractivity contribution is -0.126. The third-order valence-corrected chi connectivity index (χ3v) is 4.03. The van der Waals surface area contributed by atoms with Gasteiger partial charge in [0.2, 0.25) is 0 Å². The van der Waals surface area contributed by atoms with Gasteiger partial charge in [-0.05, 0) is 30.7 Å². The van der Waals surface area contributed by atoms with Gasteiger partial charge in [-0.2, -0.15) is 0 Å². The average molecular weight is 258 g/mol. The van der Waals surface area contributed by atoms with Crippen molar-refractivity contribution in [3.8, 4) is 0 Å². The summed E-state index contributed by atoms with van der Waals surface area (Å²) >= 11 is 0. The van der Waals surface area contributed by atoms with Crippen molar-refractivity contribution in [3.63, 3.8) is 0 Å². The van der Waals surface area contributed by atoms with Gasteiger partial charge in [0.05, 0.1) is 6.10 Å². The zero-order chi connectivity index (χ0) is 13.7.